The van der Waals surface area contributed by atoms with Gasteiger partial charge in [-0.3, -0.25) is 9.59 Å². The average Bonchev–Trinajstić information content (AvgIpc) is 3.48. The SMILES string of the molecule is CCCCCCC/C=C\C/C=C\CCCCCCCCCCCC(=O)OC(COC(=O)CCCCCCCCCCCCCCCCCCCCCCCCCCCCC/C=C\CCCCCCCCCC)COC(OCC[N+](C)(C)C)C(=O)[O-]. The van der Waals surface area contributed by atoms with E-state index in [-0.39, 0.29) is 32.2 Å². The minimum Gasteiger partial charge on any atom is -0.545 e. The maximum absolute atomic E-state index is 12.9. The van der Waals surface area contributed by atoms with Crippen molar-refractivity contribution in [3.63, 3.8) is 0 Å². The summed E-state index contributed by atoms with van der Waals surface area (Å²) >= 11 is 0. The zero-order valence-corrected chi connectivity index (χ0v) is 57.3. The lowest BCUT2D eigenvalue weighted by atomic mass is 10.0. The summed E-state index contributed by atoms with van der Waals surface area (Å²) < 4.78 is 22.8. The number of aliphatic carboxylic acids is 1. The van der Waals surface area contributed by atoms with Crippen molar-refractivity contribution in [2.45, 2.75) is 386 Å². The van der Waals surface area contributed by atoms with Crippen LogP contribution in [-0.4, -0.2) is 82.3 Å². The largest absolute Gasteiger partial charge is 0.545 e. The first-order valence-corrected chi connectivity index (χ1v) is 37.1. The number of carbonyl (C=O) groups is 3. The number of carboxylic acids is 1. The Kier molecular flexibility index (Phi) is 65.5. The van der Waals surface area contributed by atoms with E-state index in [1.807, 2.05) is 21.1 Å². The zero-order valence-electron chi connectivity index (χ0n) is 57.3. The van der Waals surface area contributed by atoms with Crippen molar-refractivity contribution in [1.29, 1.82) is 0 Å². The highest BCUT2D eigenvalue weighted by Crippen LogP contribution is 2.19. The van der Waals surface area contributed by atoms with Crippen LogP contribution in [0.4, 0.5) is 0 Å². The van der Waals surface area contributed by atoms with E-state index in [2.05, 4.69) is 50.3 Å². The Morgan fingerprint density at radius 3 is 0.941 bits per heavy atom. The Labute approximate surface area is 528 Å². The number of unbranched alkanes of at least 4 members (excludes halogenated alkanes) is 49. The summed E-state index contributed by atoms with van der Waals surface area (Å²) in [5.74, 6) is -2.26. The number of rotatable bonds is 70. The molecule has 0 aliphatic heterocycles. The Balaban J connectivity index is 3.94. The van der Waals surface area contributed by atoms with E-state index in [1.165, 1.54) is 289 Å². The number of esters is 2. The fourth-order valence-electron chi connectivity index (χ4n) is 11.2. The minimum absolute atomic E-state index is 0.149. The van der Waals surface area contributed by atoms with Crippen LogP contribution in [-0.2, 0) is 33.3 Å². The smallest absolute Gasteiger partial charge is 0.306 e. The Bertz CT molecular complexity index is 1490. The maximum Gasteiger partial charge on any atom is 0.306 e. The van der Waals surface area contributed by atoms with Crippen LogP contribution in [0.2, 0.25) is 0 Å². The molecule has 0 saturated heterocycles. The van der Waals surface area contributed by atoms with Gasteiger partial charge in [-0.15, -0.1) is 0 Å². The summed E-state index contributed by atoms with van der Waals surface area (Å²) in [4.78, 5) is 37.5. The van der Waals surface area contributed by atoms with Crippen LogP contribution in [0, 0.1) is 0 Å². The normalized spacial score (nSPS) is 12.8. The van der Waals surface area contributed by atoms with E-state index in [4.69, 9.17) is 18.9 Å². The van der Waals surface area contributed by atoms with Crippen molar-refractivity contribution in [2.24, 2.45) is 0 Å². The van der Waals surface area contributed by atoms with Crippen LogP contribution in [0.1, 0.15) is 373 Å². The van der Waals surface area contributed by atoms with Gasteiger partial charge in [0.05, 0.1) is 40.3 Å². The molecule has 9 heteroatoms. The molecule has 0 aromatic rings. The number of likely N-dealkylation sites (N-methyl/N-ethyl adjacent to an activating group) is 1. The van der Waals surface area contributed by atoms with Crippen molar-refractivity contribution in [2.75, 3.05) is 47.5 Å². The lowest BCUT2D eigenvalue weighted by Gasteiger charge is -2.26. The summed E-state index contributed by atoms with van der Waals surface area (Å²) in [6.07, 6.45) is 82.6. The van der Waals surface area contributed by atoms with E-state index in [1.54, 1.807) is 0 Å². The lowest BCUT2D eigenvalue weighted by molar-refractivity contribution is -0.870. The monoisotopic (exact) mass is 1200 g/mol. The van der Waals surface area contributed by atoms with E-state index in [9.17, 15) is 19.5 Å². The topological polar surface area (TPSA) is 111 Å². The molecule has 0 radical (unpaired) electrons. The fourth-order valence-corrected chi connectivity index (χ4v) is 11.2. The van der Waals surface area contributed by atoms with Gasteiger partial charge in [0.25, 0.3) is 0 Å². The number of nitrogens with zero attached hydrogens (tertiary/aromatic N) is 1. The van der Waals surface area contributed by atoms with Gasteiger partial charge in [-0.2, -0.15) is 0 Å². The fraction of sp³-hybridized carbons (Fsp3) is 0.882. The molecule has 9 nitrogen and oxygen atoms in total. The third kappa shape index (κ3) is 68.9. The van der Waals surface area contributed by atoms with Gasteiger partial charge >= 0.3 is 11.9 Å². The molecule has 0 aromatic heterocycles. The van der Waals surface area contributed by atoms with Gasteiger partial charge in [-0.05, 0) is 70.6 Å². The highest BCUT2D eigenvalue weighted by molar-refractivity contribution is 5.70. The van der Waals surface area contributed by atoms with Crippen LogP contribution in [0.25, 0.3) is 0 Å². The predicted molar refractivity (Wildman–Crippen MR) is 362 cm³/mol. The van der Waals surface area contributed by atoms with Gasteiger partial charge in [-0.25, -0.2) is 0 Å². The first kappa shape index (κ1) is 82.5. The van der Waals surface area contributed by atoms with Gasteiger partial charge in [0.1, 0.15) is 13.2 Å². The van der Waals surface area contributed by atoms with Crippen LogP contribution in [0.3, 0.4) is 0 Å². The summed E-state index contributed by atoms with van der Waals surface area (Å²) in [6, 6.07) is 0. The molecule has 0 saturated carbocycles. The molecule has 0 rings (SSSR count). The first-order valence-electron chi connectivity index (χ1n) is 37.1. The summed E-state index contributed by atoms with van der Waals surface area (Å²) in [5, 5.41) is 11.8. The Hall–Kier alpha value is -2.49. The number of hydrogen-bond acceptors (Lipinski definition) is 8. The molecule has 0 amide bonds. The lowest BCUT2D eigenvalue weighted by Crippen LogP contribution is -2.44. The molecule has 0 bridgehead atoms. The molecule has 0 aliphatic rings. The molecule has 2 unspecified atom stereocenters. The standard InChI is InChI=1S/C76H143NO8/c1-6-8-10-12-14-16-18-20-22-24-26-28-29-30-31-32-33-34-35-36-37-38-39-40-41-42-43-44-45-47-48-50-52-54-56-58-60-62-64-66-73(78)83-70-72(71-84-76(75(80)81)82-69-68-77(3,4)5)85-74(79)67-65-63-61-59-57-55-53-51-49-46-27-25-23-21-19-17-15-13-11-9-7-2/h19,21,24-27,72,76H,6-18,20,22-23,28-71H2,1-5H3/b21-19-,26-24-,27-25-. The van der Waals surface area contributed by atoms with Gasteiger partial charge in [0, 0.05) is 12.8 Å². The molecule has 2 atom stereocenters. The van der Waals surface area contributed by atoms with E-state index in [0.717, 1.165) is 51.4 Å². The van der Waals surface area contributed by atoms with Crippen LogP contribution in [0.15, 0.2) is 36.5 Å². The number of allylic oxidation sites excluding steroid dienone is 6. The van der Waals surface area contributed by atoms with E-state index >= 15 is 0 Å². The summed E-state index contributed by atoms with van der Waals surface area (Å²) in [5.41, 5.74) is 0. The number of hydrogen-bond donors (Lipinski definition) is 0. The maximum atomic E-state index is 12.9. The predicted octanol–water partition coefficient (Wildman–Crippen LogP) is 21.8. The molecular formula is C76H143NO8. The molecule has 0 heterocycles. The molecule has 0 N–H and O–H groups in total. The molecule has 0 aromatic carbocycles. The van der Waals surface area contributed by atoms with Crippen LogP contribution >= 0.6 is 0 Å². The van der Waals surface area contributed by atoms with Gasteiger partial charge in [-0.1, -0.05) is 326 Å². The first-order chi connectivity index (χ1) is 41.6. The van der Waals surface area contributed by atoms with Crippen LogP contribution < -0.4 is 5.11 Å². The second-order valence-corrected chi connectivity index (χ2v) is 26.6. The second-order valence-electron chi connectivity index (χ2n) is 26.6. The Morgan fingerprint density at radius 1 is 0.353 bits per heavy atom. The van der Waals surface area contributed by atoms with Crippen molar-refractivity contribution >= 4 is 17.9 Å². The molecule has 85 heavy (non-hydrogen) atoms. The summed E-state index contributed by atoms with van der Waals surface area (Å²) in [7, 11) is 5.94. The van der Waals surface area contributed by atoms with E-state index in [0.29, 0.717) is 23.9 Å². The minimum atomic E-state index is -1.62. The van der Waals surface area contributed by atoms with Gasteiger partial charge < -0.3 is 33.3 Å². The van der Waals surface area contributed by atoms with Gasteiger partial charge in [0.2, 0.25) is 0 Å². The van der Waals surface area contributed by atoms with Gasteiger partial charge in [0.15, 0.2) is 12.4 Å². The van der Waals surface area contributed by atoms with Crippen molar-refractivity contribution in [1.82, 2.24) is 0 Å². The molecule has 500 valence electrons. The third-order valence-electron chi connectivity index (χ3n) is 16.9. The van der Waals surface area contributed by atoms with Crippen molar-refractivity contribution in [3.05, 3.63) is 36.5 Å². The number of quaternary nitrogens is 1. The molecule has 0 aliphatic carbocycles. The van der Waals surface area contributed by atoms with E-state index < -0.39 is 24.3 Å². The number of carbonyl (C=O) groups excluding carboxylic acids is 3. The second kappa shape index (κ2) is 67.4. The average molecular weight is 1200 g/mol. The summed E-state index contributed by atoms with van der Waals surface area (Å²) in [6.45, 7) is 4.79. The van der Waals surface area contributed by atoms with Crippen molar-refractivity contribution in [3.8, 4) is 0 Å². The zero-order chi connectivity index (χ0) is 61.9. The third-order valence-corrected chi connectivity index (χ3v) is 16.9. The van der Waals surface area contributed by atoms with Crippen molar-refractivity contribution < 1.29 is 42.9 Å². The highest BCUT2D eigenvalue weighted by Gasteiger charge is 2.22. The number of carboxylic acid groups (broad SMARTS) is 1. The molecule has 0 fully saturated rings. The Morgan fingerprint density at radius 2 is 0.635 bits per heavy atom. The quantitative estimate of drug-likeness (QED) is 0.0195. The molecule has 0 spiro atoms. The highest BCUT2D eigenvalue weighted by atomic mass is 16.7. The number of ether oxygens (including phenoxy) is 4. The van der Waals surface area contributed by atoms with Crippen LogP contribution in [0.5, 0.6) is 0 Å². The molecular weight excluding hydrogens is 1050 g/mol.